The molecule has 0 amide bonds. The largest absolute Gasteiger partial charge is 0.455 e. The number of ether oxygens (including phenoxy) is 1. The Bertz CT molecular complexity index is 1000. The number of hydrogen-bond donors (Lipinski definition) is 0. The standard InChI is InChI=1S/C17H14N2O4S/c1-10-5-6-19-15(7-10)18-12(8-16(19)21)9-23-17(22)14-4-3-13(24-14)11(2)20/h3-8H,9H2,1-2H3. The molecule has 0 saturated carbocycles. The number of pyridine rings is 1. The van der Waals surface area contributed by atoms with Crippen LogP contribution < -0.4 is 5.56 Å². The quantitative estimate of drug-likeness (QED) is 0.538. The van der Waals surface area contributed by atoms with E-state index >= 15 is 0 Å². The van der Waals surface area contributed by atoms with Crippen molar-refractivity contribution in [2.75, 3.05) is 0 Å². The van der Waals surface area contributed by atoms with E-state index in [9.17, 15) is 14.4 Å². The molecular formula is C17H14N2O4S. The van der Waals surface area contributed by atoms with Gasteiger partial charge < -0.3 is 4.74 Å². The molecule has 24 heavy (non-hydrogen) atoms. The van der Waals surface area contributed by atoms with E-state index in [1.807, 2.05) is 13.0 Å². The lowest BCUT2D eigenvalue weighted by Gasteiger charge is -2.05. The van der Waals surface area contributed by atoms with Gasteiger partial charge in [-0.05, 0) is 43.7 Å². The summed E-state index contributed by atoms with van der Waals surface area (Å²) in [4.78, 5) is 40.5. The third kappa shape index (κ3) is 3.26. The first kappa shape index (κ1) is 16.1. The second-order valence-corrected chi connectivity index (χ2v) is 6.40. The predicted octanol–water partition coefficient (Wildman–Crippen LogP) is 2.62. The summed E-state index contributed by atoms with van der Waals surface area (Å²) >= 11 is 1.08. The van der Waals surface area contributed by atoms with Crippen LogP contribution in [-0.2, 0) is 11.3 Å². The highest BCUT2D eigenvalue weighted by atomic mass is 32.1. The molecule has 3 aromatic heterocycles. The molecule has 0 atom stereocenters. The summed E-state index contributed by atoms with van der Waals surface area (Å²) in [6.45, 7) is 3.24. The molecule has 6 nitrogen and oxygen atoms in total. The zero-order valence-corrected chi connectivity index (χ0v) is 13.9. The van der Waals surface area contributed by atoms with E-state index < -0.39 is 5.97 Å². The molecule has 0 aliphatic rings. The summed E-state index contributed by atoms with van der Waals surface area (Å²) in [5, 5.41) is 0. The van der Waals surface area contributed by atoms with E-state index in [0.717, 1.165) is 16.9 Å². The number of aryl methyl sites for hydroxylation is 1. The Hall–Kier alpha value is -2.80. The highest BCUT2D eigenvalue weighted by Crippen LogP contribution is 2.18. The summed E-state index contributed by atoms with van der Waals surface area (Å²) in [5.41, 5.74) is 1.62. The first-order valence-corrected chi connectivity index (χ1v) is 8.02. The molecule has 3 aromatic rings. The van der Waals surface area contributed by atoms with Crippen LogP contribution in [0.4, 0.5) is 0 Å². The van der Waals surface area contributed by atoms with E-state index in [1.54, 1.807) is 24.4 Å². The van der Waals surface area contributed by atoms with Gasteiger partial charge in [-0.15, -0.1) is 11.3 Å². The first-order chi connectivity index (χ1) is 11.4. The van der Waals surface area contributed by atoms with E-state index in [1.165, 1.54) is 17.4 Å². The average molecular weight is 342 g/mol. The van der Waals surface area contributed by atoms with E-state index in [0.29, 0.717) is 21.1 Å². The van der Waals surface area contributed by atoms with Gasteiger partial charge in [0.25, 0.3) is 5.56 Å². The molecule has 0 saturated heterocycles. The molecule has 0 fully saturated rings. The van der Waals surface area contributed by atoms with Crippen LogP contribution in [0.3, 0.4) is 0 Å². The maximum atomic E-state index is 12.1. The number of carbonyl (C=O) groups excluding carboxylic acids is 2. The summed E-state index contributed by atoms with van der Waals surface area (Å²) < 4.78 is 6.62. The molecule has 122 valence electrons. The number of hydrogen-bond acceptors (Lipinski definition) is 6. The van der Waals surface area contributed by atoms with Crippen molar-refractivity contribution >= 4 is 28.7 Å². The normalized spacial score (nSPS) is 10.8. The molecule has 0 spiro atoms. The SMILES string of the molecule is CC(=O)c1ccc(C(=O)OCc2cc(=O)n3ccc(C)cc3n2)s1. The smallest absolute Gasteiger partial charge is 0.348 e. The summed E-state index contributed by atoms with van der Waals surface area (Å²) in [5.74, 6) is -0.641. The van der Waals surface area contributed by atoms with Crippen molar-refractivity contribution in [1.82, 2.24) is 9.38 Å². The fraction of sp³-hybridized carbons (Fsp3) is 0.176. The van der Waals surface area contributed by atoms with Crippen molar-refractivity contribution in [3.8, 4) is 0 Å². The van der Waals surface area contributed by atoms with Gasteiger partial charge in [0.1, 0.15) is 17.1 Å². The number of nitrogens with zero attached hydrogens (tertiary/aromatic N) is 2. The number of ketones is 1. The van der Waals surface area contributed by atoms with Gasteiger partial charge in [-0.25, -0.2) is 9.78 Å². The highest BCUT2D eigenvalue weighted by molar-refractivity contribution is 7.15. The van der Waals surface area contributed by atoms with Gasteiger partial charge in [-0.2, -0.15) is 0 Å². The van der Waals surface area contributed by atoms with E-state index in [2.05, 4.69) is 4.98 Å². The molecule has 0 unspecified atom stereocenters. The Morgan fingerprint density at radius 2 is 1.96 bits per heavy atom. The van der Waals surface area contributed by atoms with Crippen LogP contribution >= 0.6 is 11.3 Å². The Balaban J connectivity index is 1.78. The molecule has 0 aliphatic heterocycles. The maximum absolute atomic E-state index is 12.1. The molecular weight excluding hydrogens is 328 g/mol. The number of fused-ring (bicyclic) bond motifs is 1. The van der Waals surface area contributed by atoms with Gasteiger partial charge in [-0.1, -0.05) is 0 Å². The third-order valence-electron chi connectivity index (χ3n) is 3.38. The first-order valence-electron chi connectivity index (χ1n) is 7.21. The maximum Gasteiger partial charge on any atom is 0.348 e. The average Bonchev–Trinajstić information content (AvgIpc) is 3.02. The molecule has 3 heterocycles. The molecule has 0 aromatic carbocycles. The Morgan fingerprint density at radius 1 is 1.21 bits per heavy atom. The lowest BCUT2D eigenvalue weighted by Crippen LogP contribution is -2.16. The number of esters is 1. The fourth-order valence-corrected chi connectivity index (χ4v) is 2.97. The predicted molar refractivity (Wildman–Crippen MR) is 89.6 cm³/mol. The van der Waals surface area contributed by atoms with Gasteiger partial charge in [-0.3, -0.25) is 14.0 Å². The van der Waals surface area contributed by atoms with Gasteiger partial charge >= 0.3 is 5.97 Å². The molecule has 0 radical (unpaired) electrons. The van der Waals surface area contributed by atoms with Gasteiger partial charge in [0.2, 0.25) is 0 Å². The Kier molecular flexibility index (Phi) is 4.26. The fourth-order valence-electron chi connectivity index (χ4n) is 2.18. The van der Waals surface area contributed by atoms with Crippen LogP contribution in [0.15, 0.2) is 41.3 Å². The molecule has 0 bridgehead atoms. The van der Waals surface area contributed by atoms with Crippen LogP contribution in [0.2, 0.25) is 0 Å². The van der Waals surface area contributed by atoms with Gasteiger partial charge in [0.05, 0.1) is 10.6 Å². The van der Waals surface area contributed by atoms with Crippen molar-refractivity contribution in [1.29, 1.82) is 0 Å². The van der Waals surface area contributed by atoms with Gasteiger partial charge in [0.15, 0.2) is 5.78 Å². The van der Waals surface area contributed by atoms with Crippen molar-refractivity contribution in [2.24, 2.45) is 0 Å². The topological polar surface area (TPSA) is 77.7 Å². The van der Waals surface area contributed by atoms with Crippen LogP contribution in [0, 0.1) is 6.92 Å². The minimum atomic E-state index is -0.543. The molecule has 0 aliphatic carbocycles. The monoisotopic (exact) mass is 342 g/mol. The van der Waals surface area contributed by atoms with Crippen molar-refractivity contribution in [2.45, 2.75) is 20.5 Å². The van der Waals surface area contributed by atoms with E-state index in [4.69, 9.17) is 4.74 Å². The number of aromatic nitrogens is 2. The zero-order valence-electron chi connectivity index (χ0n) is 13.1. The summed E-state index contributed by atoms with van der Waals surface area (Å²) in [6.07, 6.45) is 1.66. The summed E-state index contributed by atoms with van der Waals surface area (Å²) in [7, 11) is 0. The minimum absolute atomic E-state index is 0.0985. The highest BCUT2D eigenvalue weighted by Gasteiger charge is 2.13. The number of thiophene rings is 1. The van der Waals surface area contributed by atoms with Crippen LogP contribution in [0.25, 0.3) is 5.65 Å². The molecule has 7 heteroatoms. The second kappa shape index (κ2) is 6.37. The minimum Gasteiger partial charge on any atom is -0.455 e. The van der Waals surface area contributed by atoms with Crippen molar-refractivity contribution < 1.29 is 14.3 Å². The number of rotatable bonds is 4. The summed E-state index contributed by atoms with van der Waals surface area (Å²) in [6, 6.07) is 8.08. The van der Waals surface area contributed by atoms with Crippen molar-refractivity contribution in [3.05, 3.63) is 67.9 Å². The third-order valence-corrected chi connectivity index (χ3v) is 4.55. The number of carbonyl (C=O) groups is 2. The van der Waals surface area contributed by atoms with E-state index in [-0.39, 0.29) is 17.9 Å². The number of Topliss-reactive ketones (excluding diaryl/α,β-unsaturated/α-hetero) is 1. The van der Waals surface area contributed by atoms with Crippen molar-refractivity contribution in [3.63, 3.8) is 0 Å². The Morgan fingerprint density at radius 3 is 2.67 bits per heavy atom. The molecule has 0 N–H and O–H groups in total. The zero-order chi connectivity index (χ0) is 17.3. The lowest BCUT2D eigenvalue weighted by atomic mass is 10.3. The lowest BCUT2D eigenvalue weighted by molar-refractivity contribution is 0.0473. The van der Waals surface area contributed by atoms with Crippen LogP contribution in [-0.4, -0.2) is 21.1 Å². The van der Waals surface area contributed by atoms with Gasteiger partial charge in [0, 0.05) is 12.3 Å². The second-order valence-electron chi connectivity index (χ2n) is 5.31. The van der Waals surface area contributed by atoms with Crippen LogP contribution in [0.5, 0.6) is 0 Å². The van der Waals surface area contributed by atoms with Crippen LogP contribution in [0.1, 0.15) is 37.5 Å². The molecule has 3 rings (SSSR count). The Labute approximate surface area is 141 Å².